The topological polar surface area (TPSA) is 46.6 Å². The zero-order valence-corrected chi connectivity index (χ0v) is 17.4. The summed E-state index contributed by atoms with van der Waals surface area (Å²) >= 11 is 3.66. The maximum absolute atomic E-state index is 13.1. The number of halogens is 1. The van der Waals surface area contributed by atoms with Gasteiger partial charge in [-0.05, 0) is 76.6 Å². The smallest absolute Gasteiger partial charge is 0.415 e. The number of benzene rings is 1. The number of ether oxygens (including phenoxy) is 1. The third-order valence-corrected chi connectivity index (χ3v) is 5.88. The molecule has 4 nitrogen and oxygen atoms in total. The Morgan fingerprint density at radius 1 is 1.28 bits per heavy atom. The molecule has 1 atom stereocenters. The fraction of sp³-hybridized carbons (Fsp3) is 0.600. The van der Waals surface area contributed by atoms with Gasteiger partial charge in [0.05, 0.1) is 5.69 Å². The van der Waals surface area contributed by atoms with E-state index in [-0.39, 0.29) is 11.7 Å². The first-order chi connectivity index (χ1) is 11.4. The zero-order chi connectivity index (χ0) is 18.7. The van der Waals surface area contributed by atoms with Crippen molar-refractivity contribution in [3.05, 3.63) is 27.2 Å². The maximum Gasteiger partial charge on any atom is 0.415 e. The fourth-order valence-corrected chi connectivity index (χ4v) is 4.70. The van der Waals surface area contributed by atoms with E-state index in [9.17, 15) is 9.59 Å². The number of ketones is 1. The lowest BCUT2D eigenvalue weighted by Gasteiger charge is -2.45. The van der Waals surface area contributed by atoms with Crippen molar-refractivity contribution < 1.29 is 14.3 Å². The molecular weight excluding hydrogens is 382 g/mol. The number of carbonyl (C=O) groups excluding carboxylic acids is 2. The van der Waals surface area contributed by atoms with E-state index in [4.69, 9.17) is 4.74 Å². The van der Waals surface area contributed by atoms with Gasteiger partial charge in [-0.1, -0.05) is 22.9 Å². The highest BCUT2D eigenvalue weighted by Crippen LogP contribution is 2.48. The first-order valence-electron chi connectivity index (χ1n) is 8.87. The van der Waals surface area contributed by atoms with E-state index in [1.54, 1.807) is 4.90 Å². The van der Waals surface area contributed by atoms with Gasteiger partial charge >= 0.3 is 6.09 Å². The third-order valence-electron chi connectivity index (χ3n) is 5.17. The SMILES string of the molecule is CC1C(=O)C(C)(C)N(C(=O)OC(C)(C)C)c2c1cc(Br)c1c2CCC1. The molecule has 136 valence electrons. The molecule has 0 spiro atoms. The first-order valence-corrected chi connectivity index (χ1v) is 9.66. The lowest BCUT2D eigenvalue weighted by atomic mass is 9.77. The summed E-state index contributed by atoms with van der Waals surface area (Å²) in [5.41, 5.74) is 2.70. The molecule has 0 radical (unpaired) electrons. The average molecular weight is 408 g/mol. The second-order valence-corrected chi connectivity index (χ2v) is 9.42. The van der Waals surface area contributed by atoms with Crippen LogP contribution in [0.4, 0.5) is 10.5 Å². The molecule has 0 saturated heterocycles. The molecule has 1 aromatic carbocycles. The van der Waals surface area contributed by atoms with Crippen LogP contribution < -0.4 is 4.90 Å². The van der Waals surface area contributed by atoms with Crippen LogP contribution in [0.15, 0.2) is 10.5 Å². The molecule has 25 heavy (non-hydrogen) atoms. The standard InChI is InChI=1S/C20H26BrNO3/c1-11-14-10-15(21)12-8-7-9-13(12)16(14)22(20(5,6)17(11)23)18(24)25-19(2,3)4/h10-11H,7-9H2,1-6H3. The Hall–Kier alpha value is -1.36. The Kier molecular flexibility index (Phi) is 4.30. The molecule has 1 unspecified atom stereocenters. The summed E-state index contributed by atoms with van der Waals surface area (Å²) in [7, 11) is 0. The zero-order valence-electron chi connectivity index (χ0n) is 15.8. The molecule has 1 aromatic rings. The Labute approximate surface area is 158 Å². The number of carbonyl (C=O) groups is 2. The number of Topliss-reactive ketones (excluding diaryl/α,β-unsaturated/α-hetero) is 1. The van der Waals surface area contributed by atoms with Gasteiger partial charge in [-0.2, -0.15) is 0 Å². The van der Waals surface area contributed by atoms with Crippen molar-refractivity contribution in [3.8, 4) is 0 Å². The second kappa shape index (κ2) is 5.83. The van der Waals surface area contributed by atoms with E-state index < -0.39 is 17.2 Å². The monoisotopic (exact) mass is 407 g/mol. The molecular formula is C20H26BrNO3. The molecule has 0 saturated carbocycles. The van der Waals surface area contributed by atoms with E-state index in [1.807, 2.05) is 47.6 Å². The van der Waals surface area contributed by atoms with Gasteiger partial charge in [0.2, 0.25) is 0 Å². The lowest BCUT2D eigenvalue weighted by molar-refractivity contribution is -0.124. The Morgan fingerprint density at radius 3 is 2.48 bits per heavy atom. The molecule has 0 aromatic heterocycles. The Bertz CT molecular complexity index is 761. The number of hydrogen-bond donors (Lipinski definition) is 0. The van der Waals surface area contributed by atoms with Crippen LogP contribution in [0.5, 0.6) is 0 Å². The van der Waals surface area contributed by atoms with E-state index in [0.717, 1.165) is 35.0 Å². The number of nitrogens with zero attached hydrogens (tertiary/aromatic N) is 1. The highest BCUT2D eigenvalue weighted by molar-refractivity contribution is 9.10. The molecule has 5 heteroatoms. The van der Waals surface area contributed by atoms with Crippen molar-refractivity contribution in [2.24, 2.45) is 0 Å². The molecule has 2 aliphatic rings. The van der Waals surface area contributed by atoms with Crippen LogP contribution in [0.1, 0.15) is 70.6 Å². The van der Waals surface area contributed by atoms with Crippen molar-refractivity contribution in [2.75, 3.05) is 4.90 Å². The van der Waals surface area contributed by atoms with Crippen LogP contribution in [0.25, 0.3) is 0 Å². The summed E-state index contributed by atoms with van der Waals surface area (Å²) in [6.45, 7) is 11.1. The van der Waals surface area contributed by atoms with Gasteiger partial charge in [0, 0.05) is 10.4 Å². The summed E-state index contributed by atoms with van der Waals surface area (Å²) in [6, 6.07) is 2.02. The molecule has 1 amide bonds. The maximum atomic E-state index is 13.1. The normalized spacial score (nSPS) is 21.8. The average Bonchev–Trinajstić information content (AvgIpc) is 2.95. The van der Waals surface area contributed by atoms with Gasteiger partial charge in [0.15, 0.2) is 5.78 Å². The first kappa shape index (κ1) is 18.4. The van der Waals surface area contributed by atoms with Crippen LogP contribution in [0.3, 0.4) is 0 Å². The van der Waals surface area contributed by atoms with E-state index in [1.165, 1.54) is 11.1 Å². The van der Waals surface area contributed by atoms with Gasteiger partial charge in [-0.15, -0.1) is 0 Å². The van der Waals surface area contributed by atoms with Crippen molar-refractivity contribution in [2.45, 2.75) is 77.9 Å². The van der Waals surface area contributed by atoms with Gasteiger partial charge in [0.25, 0.3) is 0 Å². The van der Waals surface area contributed by atoms with Crippen molar-refractivity contribution in [3.63, 3.8) is 0 Å². The predicted molar refractivity (Wildman–Crippen MR) is 102 cm³/mol. The molecule has 1 heterocycles. The number of anilines is 1. The molecule has 0 bridgehead atoms. The minimum atomic E-state index is -0.932. The van der Waals surface area contributed by atoms with Crippen molar-refractivity contribution in [1.29, 1.82) is 0 Å². The number of fused-ring (bicyclic) bond motifs is 3. The Morgan fingerprint density at radius 2 is 1.88 bits per heavy atom. The minimum absolute atomic E-state index is 0.0377. The minimum Gasteiger partial charge on any atom is -0.443 e. The van der Waals surface area contributed by atoms with E-state index in [2.05, 4.69) is 15.9 Å². The van der Waals surface area contributed by atoms with Crippen molar-refractivity contribution in [1.82, 2.24) is 0 Å². The van der Waals surface area contributed by atoms with Gasteiger partial charge < -0.3 is 4.74 Å². The van der Waals surface area contributed by atoms with Crippen LogP contribution >= 0.6 is 15.9 Å². The summed E-state index contributed by atoms with van der Waals surface area (Å²) in [5.74, 6) is -0.207. The van der Waals surface area contributed by atoms with Crippen molar-refractivity contribution >= 4 is 33.5 Å². The van der Waals surface area contributed by atoms with E-state index >= 15 is 0 Å². The van der Waals surface area contributed by atoms with Gasteiger partial charge in [-0.25, -0.2) is 4.79 Å². The molecule has 1 aliphatic carbocycles. The quantitative estimate of drug-likeness (QED) is 0.597. The lowest BCUT2D eigenvalue weighted by Crippen LogP contribution is -2.59. The molecule has 0 N–H and O–H groups in total. The van der Waals surface area contributed by atoms with Gasteiger partial charge in [-0.3, -0.25) is 9.69 Å². The summed E-state index contributed by atoms with van der Waals surface area (Å²) in [5, 5.41) is 0. The van der Waals surface area contributed by atoms with E-state index in [0.29, 0.717) is 0 Å². The number of amides is 1. The van der Waals surface area contributed by atoms with Gasteiger partial charge in [0.1, 0.15) is 11.1 Å². The fourth-order valence-electron chi connectivity index (χ4n) is 4.02. The summed E-state index contributed by atoms with van der Waals surface area (Å²) in [6.07, 6.45) is 2.53. The highest BCUT2D eigenvalue weighted by atomic mass is 79.9. The third kappa shape index (κ3) is 2.90. The molecule has 3 rings (SSSR count). The highest BCUT2D eigenvalue weighted by Gasteiger charge is 2.49. The Balaban J connectivity index is 2.24. The van der Waals surface area contributed by atoms with Crippen LogP contribution in [0.2, 0.25) is 0 Å². The number of hydrogen-bond acceptors (Lipinski definition) is 3. The predicted octanol–water partition coefficient (Wildman–Crippen LogP) is 5.14. The largest absolute Gasteiger partial charge is 0.443 e. The number of rotatable bonds is 0. The van der Waals surface area contributed by atoms with Crippen LogP contribution in [0, 0.1) is 0 Å². The van der Waals surface area contributed by atoms with Crippen LogP contribution in [-0.4, -0.2) is 23.0 Å². The second-order valence-electron chi connectivity index (χ2n) is 8.57. The molecule has 0 fully saturated rings. The molecule has 1 aliphatic heterocycles. The summed E-state index contributed by atoms with van der Waals surface area (Å²) < 4.78 is 6.71. The summed E-state index contributed by atoms with van der Waals surface area (Å²) in [4.78, 5) is 27.7. The van der Waals surface area contributed by atoms with Crippen LogP contribution in [-0.2, 0) is 22.4 Å².